The molecule has 0 amide bonds. The summed E-state index contributed by atoms with van der Waals surface area (Å²) in [5.74, 6) is 0. The van der Waals surface area contributed by atoms with Gasteiger partial charge in [0, 0.05) is 5.69 Å². The highest BCUT2D eigenvalue weighted by molar-refractivity contribution is 6.14. The Morgan fingerprint density at radius 1 is 0.447 bits per heavy atom. The largest absolute Gasteiger partial charge is 0.397 e. The van der Waals surface area contributed by atoms with Crippen LogP contribution in [0.5, 0.6) is 0 Å². The number of rotatable bonds is 3. The second kappa shape index (κ2) is 9.69. The summed E-state index contributed by atoms with van der Waals surface area (Å²) in [6, 6.07) is 59.6. The van der Waals surface area contributed by atoms with E-state index in [2.05, 4.69) is 151 Å². The topological polar surface area (TPSA) is 38.0 Å². The van der Waals surface area contributed by atoms with Crippen LogP contribution in [0.25, 0.3) is 54.9 Å². The Morgan fingerprint density at radius 2 is 1.09 bits per heavy atom. The Bertz CT molecular complexity index is 2520. The molecular formula is C45H30N2. The van der Waals surface area contributed by atoms with E-state index in [9.17, 15) is 0 Å². The molecule has 0 bridgehead atoms. The van der Waals surface area contributed by atoms with Gasteiger partial charge in [0.05, 0.1) is 16.8 Å². The summed E-state index contributed by atoms with van der Waals surface area (Å²) in [5.41, 5.74) is 21.9. The van der Waals surface area contributed by atoms with E-state index in [0.717, 1.165) is 22.6 Å². The molecule has 220 valence electrons. The maximum absolute atomic E-state index is 6.77. The Morgan fingerprint density at radius 3 is 1.83 bits per heavy atom. The van der Waals surface area contributed by atoms with Gasteiger partial charge in [0.1, 0.15) is 0 Å². The van der Waals surface area contributed by atoms with E-state index in [0.29, 0.717) is 0 Å². The monoisotopic (exact) mass is 598 g/mol. The molecule has 3 N–H and O–H groups in total. The van der Waals surface area contributed by atoms with Gasteiger partial charge in [0.2, 0.25) is 0 Å². The van der Waals surface area contributed by atoms with Crippen molar-refractivity contribution in [3.63, 3.8) is 0 Å². The second-order valence-corrected chi connectivity index (χ2v) is 12.7. The van der Waals surface area contributed by atoms with Crippen LogP contribution in [-0.4, -0.2) is 0 Å². The summed E-state index contributed by atoms with van der Waals surface area (Å²) in [4.78, 5) is 0. The van der Waals surface area contributed by atoms with E-state index in [1.165, 1.54) is 71.6 Å². The molecule has 0 aliphatic heterocycles. The van der Waals surface area contributed by atoms with Crippen LogP contribution >= 0.6 is 0 Å². The summed E-state index contributed by atoms with van der Waals surface area (Å²) in [6.45, 7) is 0. The number of nitrogen functional groups attached to an aromatic ring is 1. The van der Waals surface area contributed by atoms with Crippen molar-refractivity contribution < 1.29 is 0 Å². The van der Waals surface area contributed by atoms with Crippen LogP contribution in [0.2, 0.25) is 0 Å². The van der Waals surface area contributed by atoms with Crippen molar-refractivity contribution in [3.05, 3.63) is 186 Å². The van der Waals surface area contributed by atoms with E-state index in [1.807, 2.05) is 18.2 Å². The van der Waals surface area contributed by atoms with Gasteiger partial charge in [0.15, 0.2) is 0 Å². The molecule has 0 aromatic heterocycles. The normalized spacial score (nSPS) is 13.4. The quantitative estimate of drug-likeness (QED) is 0.199. The number of para-hydroxylation sites is 1. The summed E-state index contributed by atoms with van der Waals surface area (Å²) < 4.78 is 0. The van der Waals surface area contributed by atoms with Crippen LogP contribution in [0.1, 0.15) is 22.3 Å². The molecule has 8 aromatic carbocycles. The van der Waals surface area contributed by atoms with Crippen molar-refractivity contribution in [3.8, 4) is 33.4 Å². The fraction of sp³-hybridized carbons (Fsp3) is 0.0222. The maximum Gasteiger partial charge on any atom is 0.0731 e. The molecule has 0 heterocycles. The molecule has 2 nitrogen and oxygen atoms in total. The van der Waals surface area contributed by atoms with Gasteiger partial charge < -0.3 is 11.1 Å². The number of fused-ring (bicyclic) bond motifs is 14. The average molecular weight is 599 g/mol. The molecule has 0 unspecified atom stereocenters. The Balaban J connectivity index is 1.31. The third-order valence-corrected chi connectivity index (χ3v) is 10.4. The van der Waals surface area contributed by atoms with Gasteiger partial charge in [-0.05, 0) is 108 Å². The maximum atomic E-state index is 6.77. The summed E-state index contributed by atoms with van der Waals surface area (Å²) in [5, 5.41) is 8.55. The highest BCUT2D eigenvalue weighted by Crippen LogP contribution is 2.65. The first-order valence-corrected chi connectivity index (χ1v) is 16.2. The van der Waals surface area contributed by atoms with Gasteiger partial charge in [-0.15, -0.1) is 0 Å². The molecule has 0 saturated heterocycles. The minimum atomic E-state index is -0.460. The lowest BCUT2D eigenvalue weighted by Crippen LogP contribution is -2.26. The average Bonchev–Trinajstić information content (AvgIpc) is 3.60. The van der Waals surface area contributed by atoms with Gasteiger partial charge in [-0.25, -0.2) is 0 Å². The smallest absolute Gasteiger partial charge is 0.0731 e. The molecule has 2 heteroatoms. The van der Waals surface area contributed by atoms with Crippen molar-refractivity contribution in [2.45, 2.75) is 5.41 Å². The van der Waals surface area contributed by atoms with Crippen LogP contribution in [-0.2, 0) is 5.41 Å². The summed E-state index contributed by atoms with van der Waals surface area (Å²) >= 11 is 0. The fourth-order valence-corrected chi connectivity index (χ4v) is 8.53. The van der Waals surface area contributed by atoms with Gasteiger partial charge in [-0.1, -0.05) is 133 Å². The standard InChI is InChI=1S/C45H30N2/c46-41-26-29(23-25-42(41)47-30-13-2-1-3-14-30)37-27-40-43(35-19-7-6-16-32(35)37)36-24-22-28-12-4-5-15-31(28)44(36)45(40)38-20-10-8-17-33(38)34-18-9-11-21-39(34)45/h1-27,47H,46H2. The zero-order valence-electron chi connectivity index (χ0n) is 25.7. The Kier molecular flexibility index (Phi) is 5.39. The molecule has 2 aliphatic rings. The summed E-state index contributed by atoms with van der Waals surface area (Å²) in [6.07, 6.45) is 0. The van der Waals surface area contributed by atoms with Gasteiger partial charge >= 0.3 is 0 Å². The number of anilines is 3. The predicted molar refractivity (Wildman–Crippen MR) is 197 cm³/mol. The highest BCUT2D eigenvalue weighted by Gasteiger charge is 2.53. The molecule has 0 saturated carbocycles. The number of nitrogens with one attached hydrogen (secondary N) is 1. The van der Waals surface area contributed by atoms with Crippen LogP contribution in [0.15, 0.2) is 164 Å². The molecule has 8 aromatic rings. The molecule has 0 atom stereocenters. The lowest BCUT2D eigenvalue weighted by molar-refractivity contribution is 0.802. The van der Waals surface area contributed by atoms with Crippen molar-refractivity contribution >= 4 is 38.6 Å². The lowest BCUT2D eigenvalue weighted by atomic mass is 9.69. The second-order valence-electron chi connectivity index (χ2n) is 12.7. The zero-order valence-corrected chi connectivity index (χ0v) is 25.7. The third-order valence-electron chi connectivity index (χ3n) is 10.4. The van der Waals surface area contributed by atoms with Gasteiger partial charge in [-0.2, -0.15) is 0 Å². The van der Waals surface area contributed by atoms with E-state index in [4.69, 9.17) is 5.73 Å². The first kappa shape index (κ1) is 26.1. The van der Waals surface area contributed by atoms with E-state index < -0.39 is 5.41 Å². The number of hydrogen-bond acceptors (Lipinski definition) is 2. The van der Waals surface area contributed by atoms with E-state index in [1.54, 1.807) is 0 Å². The SMILES string of the molecule is Nc1cc(-c2cc3c(c4ccccc24)-c2ccc4ccccc4c2C32c3ccccc3-c3ccccc32)ccc1Nc1ccccc1. The fourth-order valence-electron chi connectivity index (χ4n) is 8.53. The van der Waals surface area contributed by atoms with E-state index >= 15 is 0 Å². The van der Waals surface area contributed by atoms with Crippen LogP contribution in [0, 0.1) is 0 Å². The van der Waals surface area contributed by atoms with Crippen molar-refractivity contribution in [2.24, 2.45) is 0 Å². The van der Waals surface area contributed by atoms with Crippen LogP contribution < -0.4 is 11.1 Å². The third kappa shape index (κ3) is 3.50. The summed E-state index contributed by atoms with van der Waals surface area (Å²) in [7, 11) is 0. The van der Waals surface area contributed by atoms with Gasteiger partial charge in [0.25, 0.3) is 0 Å². The number of benzene rings is 8. The first-order valence-electron chi connectivity index (χ1n) is 16.2. The van der Waals surface area contributed by atoms with E-state index in [-0.39, 0.29) is 0 Å². The molecule has 1 spiro atoms. The van der Waals surface area contributed by atoms with Crippen LogP contribution in [0.3, 0.4) is 0 Å². The minimum absolute atomic E-state index is 0.460. The van der Waals surface area contributed by atoms with Crippen molar-refractivity contribution in [1.29, 1.82) is 0 Å². The predicted octanol–water partition coefficient (Wildman–Crippen LogP) is 11.3. The van der Waals surface area contributed by atoms with Crippen molar-refractivity contribution in [2.75, 3.05) is 11.1 Å². The molecular weight excluding hydrogens is 569 g/mol. The Labute approximate surface area is 273 Å². The van der Waals surface area contributed by atoms with Crippen molar-refractivity contribution in [1.82, 2.24) is 0 Å². The molecule has 10 rings (SSSR count). The first-order chi connectivity index (χ1) is 23.2. The zero-order chi connectivity index (χ0) is 31.1. The van der Waals surface area contributed by atoms with Gasteiger partial charge in [-0.3, -0.25) is 0 Å². The highest BCUT2D eigenvalue weighted by atomic mass is 14.9. The molecule has 47 heavy (non-hydrogen) atoms. The number of hydrogen-bond donors (Lipinski definition) is 2. The number of nitrogens with two attached hydrogens (primary N) is 1. The Hall–Kier alpha value is -6.12. The molecule has 2 aliphatic carbocycles. The van der Waals surface area contributed by atoms with Crippen LogP contribution in [0.4, 0.5) is 17.1 Å². The molecule has 0 fully saturated rings. The minimum Gasteiger partial charge on any atom is -0.397 e. The molecule has 0 radical (unpaired) electrons. The lowest BCUT2D eigenvalue weighted by Gasteiger charge is -2.32.